The first-order valence-electron chi connectivity index (χ1n) is 11.7. The second kappa shape index (κ2) is 10.3. The Morgan fingerprint density at radius 2 is 1.74 bits per heavy atom. The summed E-state index contributed by atoms with van der Waals surface area (Å²) in [4.78, 5) is 32.7. The molecular formula is C26H27ClN6O2. The molecule has 3 heterocycles. The van der Waals surface area contributed by atoms with Crippen molar-refractivity contribution in [2.24, 2.45) is 0 Å². The Balaban J connectivity index is 1.11. The predicted molar refractivity (Wildman–Crippen MR) is 136 cm³/mol. The summed E-state index contributed by atoms with van der Waals surface area (Å²) in [5, 5.41) is 9.02. The molecule has 35 heavy (non-hydrogen) atoms. The number of hydrogen-bond donors (Lipinski definition) is 2. The molecule has 1 saturated heterocycles. The molecule has 2 amide bonds. The molecule has 2 aromatic heterocycles. The Morgan fingerprint density at radius 3 is 2.57 bits per heavy atom. The number of piperazine rings is 1. The Hall–Kier alpha value is -3.62. The highest BCUT2D eigenvalue weighted by atomic mass is 35.5. The lowest BCUT2D eigenvalue weighted by Crippen LogP contribution is -2.50. The Labute approximate surface area is 208 Å². The number of benzene rings is 2. The number of hydrogen-bond acceptors (Lipinski definition) is 4. The smallest absolute Gasteiger partial charge is 0.239 e. The molecule has 0 aliphatic carbocycles. The number of anilines is 1. The van der Waals surface area contributed by atoms with Gasteiger partial charge < -0.3 is 15.2 Å². The second-order valence-corrected chi connectivity index (χ2v) is 9.11. The van der Waals surface area contributed by atoms with Crippen molar-refractivity contribution in [2.45, 2.75) is 13.0 Å². The number of carbonyl (C=O) groups excluding carboxylic acids is 2. The molecule has 0 radical (unpaired) electrons. The van der Waals surface area contributed by atoms with Crippen LogP contribution < -0.4 is 5.32 Å². The molecule has 0 spiro atoms. The van der Waals surface area contributed by atoms with Gasteiger partial charge in [0, 0.05) is 54.4 Å². The van der Waals surface area contributed by atoms with Gasteiger partial charge in [0.25, 0.3) is 0 Å². The van der Waals surface area contributed by atoms with Crippen LogP contribution in [0.2, 0.25) is 5.02 Å². The second-order valence-electron chi connectivity index (χ2n) is 8.71. The fraction of sp³-hybridized carbons (Fsp3) is 0.269. The lowest BCUT2D eigenvalue weighted by Gasteiger charge is -2.34. The van der Waals surface area contributed by atoms with Crippen LogP contribution in [0.1, 0.15) is 11.1 Å². The fourth-order valence-corrected chi connectivity index (χ4v) is 4.64. The van der Waals surface area contributed by atoms with E-state index in [1.165, 1.54) is 0 Å². The van der Waals surface area contributed by atoms with Gasteiger partial charge in [0.15, 0.2) is 0 Å². The van der Waals surface area contributed by atoms with Crippen molar-refractivity contribution < 1.29 is 9.59 Å². The van der Waals surface area contributed by atoms with Crippen molar-refractivity contribution in [1.29, 1.82) is 0 Å². The lowest BCUT2D eigenvalue weighted by atomic mass is 10.1. The van der Waals surface area contributed by atoms with Crippen LogP contribution >= 0.6 is 11.6 Å². The maximum Gasteiger partial charge on any atom is 0.239 e. The summed E-state index contributed by atoms with van der Waals surface area (Å²) in [6.07, 6.45) is 3.95. The number of rotatable bonds is 7. The third kappa shape index (κ3) is 5.39. The van der Waals surface area contributed by atoms with Crippen LogP contribution in [0.15, 0.2) is 67.0 Å². The minimum atomic E-state index is -0.107. The molecule has 1 fully saturated rings. The number of para-hydroxylation sites is 1. The highest BCUT2D eigenvalue weighted by Crippen LogP contribution is 2.20. The van der Waals surface area contributed by atoms with Crippen LogP contribution in [-0.2, 0) is 22.6 Å². The van der Waals surface area contributed by atoms with Crippen LogP contribution in [0.3, 0.4) is 0 Å². The number of nitrogens with one attached hydrogen (secondary N) is 2. The summed E-state index contributed by atoms with van der Waals surface area (Å²) < 4.78 is 1.72. The SMILES string of the molecule is O=C(CN1CCN(C(=O)Cc2c[nH]c3ccccc23)CC1)Nc1ccnn1Cc1ccccc1Cl. The molecule has 0 unspecified atom stereocenters. The summed E-state index contributed by atoms with van der Waals surface area (Å²) in [6, 6.07) is 17.4. The number of halogens is 1. The standard InChI is InChI=1S/C26H27ClN6O2/c27-22-7-3-1-5-19(22)17-33-24(9-10-29-33)30-25(34)18-31-11-13-32(14-12-31)26(35)15-20-16-28-23-8-4-2-6-21(20)23/h1-10,16,28H,11-15,17-18H2,(H,30,34). The molecule has 1 aliphatic heterocycles. The predicted octanol–water partition coefficient (Wildman–Crippen LogP) is 3.39. The highest BCUT2D eigenvalue weighted by Gasteiger charge is 2.23. The van der Waals surface area contributed by atoms with Crippen LogP contribution in [-0.4, -0.2) is 69.1 Å². The number of aromatic amines is 1. The first kappa shape index (κ1) is 23.1. The molecule has 4 aromatic rings. The Bertz CT molecular complexity index is 1340. The summed E-state index contributed by atoms with van der Waals surface area (Å²) >= 11 is 6.26. The molecule has 0 saturated carbocycles. The molecule has 0 atom stereocenters. The van der Waals surface area contributed by atoms with Gasteiger partial charge in [0.1, 0.15) is 5.82 Å². The van der Waals surface area contributed by atoms with Gasteiger partial charge in [-0.3, -0.25) is 14.5 Å². The van der Waals surface area contributed by atoms with Crippen molar-refractivity contribution in [1.82, 2.24) is 24.6 Å². The monoisotopic (exact) mass is 490 g/mol. The van der Waals surface area contributed by atoms with E-state index in [2.05, 4.69) is 20.3 Å². The number of carbonyl (C=O) groups is 2. The van der Waals surface area contributed by atoms with Crippen LogP contribution in [0.4, 0.5) is 5.82 Å². The molecular weight excluding hydrogens is 464 g/mol. The van der Waals surface area contributed by atoms with E-state index in [-0.39, 0.29) is 18.4 Å². The van der Waals surface area contributed by atoms with Crippen molar-refractivity contribution in [3.8, 4) is 0 Å². The zero-order chi connectivity index (χ0) is 24.2. The van der Waals surface area contributed by atoms with Gasteiger partial charge in [-0.15, -0.1) is 0 Å². The summed E-state index contributed by atoms with van der Waals surface area (Å²) in [5.41, 5.74) is 2.99. The van der Waals surface area contributed by atoms with E-state index in [0.29, 0.717) is 50.0 Å². The summed E-state index contributed by atoms with van der Waals surface area (Å²) in [5.74, 6) is 0.634. The number of aromatic nitrogens is 3. The maximum atomic E-state index is 12.9. The summed E-state index contributed by atoms with van der Waals surface area (Å²) in [7, 11) is 0. The van der Waals surface area contributed by atoms with Crippen molar-refractivity contribution in [3.05, 3.63) is 83.1 Å². The number of fused-ring (bicyclic) bond motifs is 1. The van der Waals surface area contributed by atoms with E-state index >= 15 is 0 Å². The van der Waals surface area contributed by atoms with Gasteiger partial charge in [0.2, 0.25) is 11.8 Å². The number of nitrogens with zero attached hydrogens (tertiary/aromatic N) is 4. The Kier molecular flexibility index (Phi) is 6.83. The molecule has 180 valence electrons. The van der Waals surface area contributed by atoms with E-state index in [1.807, 2.05) is 59.6 Å². The quantitative estimate of drug-likeness (QED) is 0.416. The molecule has 9 heteroatoms. The summed E-state index contributed by atoms with van der Waals surface area (Å²) in [6.45, 7) is 3.27. The van der Waals surface area contributed by atoms with Crippen molar-refractivity contribution >= 4 is 40.1 Å². The average Bonchev–Trinajstić information content (AvgIpc) is 3.48. The van der Waals surface area contributed by atoms with E-state index in [1.54, 1.807) is 16.9 Å². The van der Waals surface area contributed by atoms with Gasteiger partial charge in [0.05, 0.1) is 25.7 Å². The van der Waals surface area contributed by atoms with Crippen molar-refractivity contribution in [2.75, 3.05) is 38.0 Å². The molecule has 2 aromatic carbocycles. The van der Waals surface area contributed by atoms with Crippen LogP contribution in [0, 0.1) is 0 Å². The minimum Gasteiger partial charge on any atom is -0.361 e. The van der Waals surface area contributed by atoms with Gasteiger partial charge in [-0.25, -0.2) is 4.68 Å². The van der Waals surface area contributed by atoms with Gasteiger partial charge in [-0.05, 0) is 23.3 Å². The zero-order valence-corrected chi connectivity index (χ0v) is 20.0. The normalized spacial score (nSPS) is 14.4. The minimum absolute atomic E-state index is 0.107. The number of amides is 2. The fourth-order valence-electron chi connectivity index (χ4n) is 4.45. The molecule has 2 N–H and O–H groups in total. The van der Waals surface area contributed by atoms with E-state index in [4.69, 9.17) is 11.6 Å². The number of H-pyrrole nitrogens is 1. The van der Waals surface area contributed by atoms with E-state index in [0.717, 1.165) is 22.0 Å². The van der Waals surface area contributed by atoms with Gasteiger partial charge >= 0.3 is 0 Å². The maximum absolute atomic E-state index is 12.9. The molecule has 0 bridgehead atoms. The topological polar surface area (TPSA) is 86.3 Å². The van der Waals surface area contributed by atoms with E-state index in [9.17, 15) is 9.59 Å². The molecule has 8 nitrogen and oxygen atoms in total. The molecule has 1 aliphatic rings. The first-order valence-corrected chi connectivity index (χ1v) is 12.0. The van der Waals surface area contributed by atoms with Gasteiger partial charge in [-0.2, -0.15) is 5.10 Å². The van der Waals surface area contributed by atoms with E-state index < -0.39 is 0 Å². The Morgan fingerprint density at radius 1 is 0.971 bits per heavy atom. The zero-order valence-electron chi connectivity index (χ0n) is 19.3. The lowest BCUT2D eigenvalue weighted by molar-refractivity contribution is -0.132. The molecule has 5 rings (SSSR count). The largest absolute Gasteiger partial charge is 0.361 e. The van der Waals surface area contributed by atoms with Crippen LogP contribution in [0.5, 0.6) is 0 Å². The third-order valence-corrected chi connectivity index (χ3v) is 6.74. The average molecular weight is 491 g/mol. The first-order chi connectivity index (χ1) is 17.1. The van der Waals surface area contributed by atoms with Gasteiger partial charge in [-0.1, -0.05) is 48.0 Å². The third-order valence-electron chi connectivity index (χ3n) is 6.37. The van der Waals surface area contributed by atoms with Crippen molar-refractivity contribution in [3.63, 3.8) is 0 Å². The highest BCUT2D eigenvalue weighted by molar-refractivity contribution is 6.31. The van der Waals surface area contributed by atoms with Crippen LogP contribution in [0.25, 0.3) is 10.9 Å².